The van der Waals surface area contributed by atoms with E-state index in [1.165, 1.54) is 18.4 Å². The molecule has 7 heteroatoms. The Balaban J connectivity index is 2.41. The number of nitrogens with zero attached hydrogens (tertiary/aromatic N) is 2. The number of thiophene rings is 1. The molecule has 3 rings (SSSR count). The second kappa shape index (κ2) is 4.13. The van der Waals surface area contributed by atoms with E-state index >= 15 is 0 Å². The highest BCUT2D eigenvalue weighted by molar-refractivity contribution is 7.25. The van der Waals surface area contributed by atoms with E-state index in [0.29, 0.717) is 10.2 Å². The summed E-state index contributed by atoms with van der Waals surface area (Å²) in [5, 5.41) is 7.35. The zero-order valence-electron chi connectivity index (χ0n) is 10.2. The molecule has 0 fully saturated rings. The van der Waals surface area contributed by atoms with E-state index in [4.69, 9.17) is 0 Å². The highest BCUT2D eigenvalue weighted by atomic mass is 32.1. The smallest absolute Gasteiger partial charge is 0.362 e. The van der Waals surface area contributed by atoms with Crippen LogP contribution in [0.3, 0.4) is 0 Å². The quantitative estimate of drug-likeness (QED) is 0.682. The van der Waals surface area contributed by atoms with E-state index in [-0.39, 0.29) is 5.69 Å². The molecule has 0 saturated carbocycles. The van der Waals surface area contributed by atoms with Crippen molar-refractivity contribution in [3.05, 3.63) is 33.7 Å². The van der Waals surface area contributed by atoms with Crippen LogP contribution in [-0.2, 0) is 4.74 Å². The van der Waals surface area contributed by atoms with Crippen LogP contribution in [0.15, 0.2) is 16.9 Å². The lowest BCUT2D eigenvalue weighted by Gasteiger charge is -1.97. The molecule has 96 valence electrons. The van der Waals surface area contributed by atoms with Crippen molar-refractivity contribution in [2.24, 2.45) is 0 Å². The Morgan fingerprint density at radius 2 is 2.21 bits per heavy atom. The van der Waals surface area contributed by atoms with E-state index in [2.05, 4.69) is 19.9 Å². The third-order valence-corrected chi connectivity index (χ3v) is 3.87. The van der Waals surface area contributed by atoms with Gasteiger partial charge in [0.15, 0.2) is 0 Å². The number of pyridine rings is 1. The largest absolute Gasteiger partial charge is 0.464 e. The number of aryl methyl sites for hydroxylation is 1. The number of fused-ring (bicyclic) bond motifs is 3. The molecule has 3 aromatic rings. The standard InChI is InChI=1S/C12H9N3O3S/c1-5-3-4-6-7-10(19-11(6)13-5)9(16)8(15-14-7)12(17)18-2/h3-4H,1-2H3,(H,14,16). The van der Waals surface area contributed by atoms with Crippen molar-refractivity contribution in [1.82, 2.24) is 15.2 Å². The van der Waals surface area contributed by atoms with Gasteiger partial charge in [0.1, 0.15) is 9.53 Å². The van der Waals surface area contributed by atoms with Crippen LogP contribution in [0.5, 0.6) is 0 Å². The predicted molar refractivity (Wildman–Crippen MR) is 71.6 cm³/mol. The van der Waals surface area contributed by atoms with Gasteiger partial charge < -0.3 is 4.74 Å². The van der Waals surface area contributed by atoms with Crippen LogP contribution in [0.1, 0.15) is 16.2 Å². The number of nitrogens with one attached hydrogen (secondary N) is 1. The van der Waals surface area contributed by atoms with Gasteiger partial charge in [0.05, 0.1) is 12.6 Å². The molecule has 1 N–H and O–H groups in total. The minimum absolute atomic E-state index is 0.238. The minimum Gasteiger partial charge on any atom is -0.464 e. The molecule has 3 aromatic heterocycles. The fourth-order valence-electron chi connectivity index (χ4n) is 1.85. The lowest BCUT2D eigenvalue weighted by Crippen LogP contribution is -2.19. The zero-order chi connectivity index (χ0) is 13.6. The maximum absolute atomic E-state index is 12.2. The minimum atomic E-state index is -0.746. The second-order valence-corrected chi connectivity index (χ2v) is 5.00. The van der Waals surface area contributed by atoms with Crippen LogP contribution in [0, 0.1) is 6.92 Å². The number of esters is 1. The summed E-state index contributed by atoms with van der Waals surface area (Å²) in [6.45, 7) is 1.88. The monoisotopic (exact) mass is 275 g/mol. The van der Waals surface area contributed by atoms with Crippen molar-refractivity contribution >= 4 is 37.7 Å². The first-order valence-electron chi connectivity index (χ1n) is 5.48. The van der Waals surface area contributed by atoms with Crippen molar-refractivity contribution < 1.29 is 9.53 Å². The molecule has 0 bridgehead atoms. The molecule has 0 spiro atoms. The van der Waals surface area contributed by atoms with Crippen molar-refractivity contribution in [3.63, 3.8) is 0 Å². The first-order chi connectivity index (χ1) is 9.11. The van der Waals surface area contributed by atoms with Crippen LogP contribution < -0.4 is 5.43 Å². The van der Waals surface area contributed by atoms with Gasteiger partial charge in [0, 0.05) is 11.1 Å². The van der Waals surface area contributed by atoms with E-state index in [1.807, 2.05) is 19.1 Å². The summed E-state index contributed by atoms with van der Waals surface area (Å²) in [6, 6.07) is 3.74. The average molecular weight is 275 g/mol. The maximum atomic E-state index is 12.2. The number of aromatic amines is 1. The number of hydrogen-bond acceptors (Lipinski definition) is 6. The number of carbonyl (C=O) groups excluding carboxylic acids is 1. The molecule has 0 radical (unpaired) electrons. The van der Waals surface area contributed by atoms with Gasteiger partial charge in [-0.15, -0.1) is 11.3 Å². The molecule has 0 aliphatic heterocycles. The van der Waals surface area contributed by atoms with Gasteiger partial charge in [0.25, 0.3) is 0 Å². The Morgan fingerprint density at radius 3 is 2.95 bits per heavy atom. The van der Waals surface area contributed by atoms with Crippen molar-refractivity contribution in [2.45, 2.75) is 6.92 Å². The molecule has 19 heavy (non-hydrogen) atoms. The van der Waals surface area contributed by atoms with Gasteiger partial charge in [0.2, 0.25) is 11.1 Å². The van der Waals surface area contributed by atoms with Gasteiger partial charge in [-0.25, -0.2) is 9.78 Å². The van der Waals surface area contributed by atoms with Gasteiger partial charge in [-0.05, 0) is 19.1 Å². The molecule has 3 heterocycles. The first kappa shape index (κ1) is 11.8. The first-order valence-corrected chi connectivity index (χ1v) is 6.30. The molecular formula is C12H9N3O3S. The molecule has 0 amide bonds. The van der Waals surface area contributed by atoms with Crippen LogP contribution in [0.4, 0.5) is 0 Å². The summed E-state index contributed by atoms with van der Waals surface area (Å²) >= 11 is 1.24. The number of aromatic nitrogens is 3. The third kappa shape index (κ3) is 1.70. The zero-order valence-corrected chi connectivity index (χ0v) is 11.0. The predicted octanol–water partition coefficient (Wildman–Crippen LogP) is 1.63. The number of methoxy groups -OCH3 is 1. The van der Waals surface area contributed by atoms with Crippen molar-refractivity contribution in [1.29, 1.82) is 0 Å². The fraction of sp³-hybridized carbons (Fsp3) is 0.167. The average Bonchev–Trinajstić information content (AvgIpc) is 2.77. The van der Waals surface area contributed by atoms with E-state index in [9.17, 15) is 9.59 Å². The third-order valence-electron chi connectivity index (χ3n) is 2.77. The fourth-order valence-corrected chi connectivity index (χ4v) is 2.96. The van der Waals surface area contributed by atoms with Gasteiger partial charge in [-0.3, -0.25) is 9.89 Å². The summed E-state index contributed by atoms with van der Waals surface area (Å²) in [5.74, 6) is -0.746. The lowest BCUT2D eigenvalue weighted by molar-refractivity contribution is 0.0591. The summed E-state index contributed by atoms with van der Waals surface area (Å²) in [4.78, 5) is 28.7. The number of hydrogen-bond donors (Lipinski definition) is 1. The summed E-state index contributed by atoms with van der Waals surface area (Å²) < 4.78 is 4.96. The number of H-pyrrole nitrogens is 1. The van der Waals surface area contributed by atoms with Gasteiger partial charge >= 0.3 is 5.97 Å². The summed E-state index contributed by atoms with van der Waals surface area (Å²) in [5.41, 5.74) is 0.803. The molecule has 0 atom stereocenters. The lowest BCUT2D eigenvalue weighted by atomic mass is 10.2. The SMILES string of the molecule is COC(=O)c1n[nH]c2c(sc3nc(C)ccc32)c1=O. The highest BCUT2D eigenvalue weighted by Gasteiger charge is 2.18. The number of rotatable bonds is 1. The van der Waals surface area contributed by atoms with Gasteiger partial charge in [-0.2, -0.15) is 5.10 Å². The van der Waals surface area contributed by atoms with Crippen LogP contribution in [0.2, 0.25) is 0 Å². The van der Waals surface area contributed by atoms with E-state index in [1.54, 1.807) is 0 Å². The summed E-state index contributed by atoms with van der Waals surface area (Å²) in [7, 11) is 1.21. The molecule has 0 unspecified atom stereocenters. The van der Waals surface area contributed by atoms with E-state index in [0.717, 1.165) is 15.9 Å². The molecule has 0 aliphatic rings. The second-order valence-electron chi connectivity index (χ2n) is 4.00. The van der Waals surface area contributed by atoms with Crippen molar-refractivity contribution in [3.8, 4) is 0 Å². The van der Waals surface area contributed by atoms with Gasteiger partial charge in [-0.1, -0.05) is 0 Å². The Labute approximate surface area is 111 Å². The summed E-state index contributed by atoms with van der Waals surface area (Å²) in [6.07, 6.45) is 0. The Bertz CT molecular complexity index is 866. The van der Waals surface area contributed by atoms with Crippen LogP contribution in [-0.4, -0.2) is 28.3 Å². The number of ether oxygens (including phenoxy) is 1. The van der Waals surface area contributed by atoms with E-state index < -0.39 is 11.4 Å². The topological polar surface area (TPSA) is 84.9 Å². The van der Waals surface area contributed by atoms with Crippen LogP contribution >= 0.6 is 11.3 Å². The molecule has 0 aromatic carbocycles. The normalized spacial score (nSPS) is 11.1. The molecule has 6 nitrogen and oxygen atoms in total. The Morgan fingerprint density at radius 1 is 1.42 bits per heavy atom. The number of carbonyl (C=O) groups is 1. The molecule has 0 aliphatic carbocycles. The molecular weight excluding hydrogens is 266 g/mol. The Hall–Kier alpha value is -2.28. The maximum Gasteiger partial charge on any atom is 0.362 e. The van der Waals surface area contributed by atoms with Crippen LogP contribution in [0.25, 0.3) is 20.4 Å². The Kier molecular flexibility index (Phi) is 2.56. The van der Waals surface area contributed by atoms with Crippen molar-refractivity contribution in [2.75, 3.05) is 7.11 Å². The molecule has 0 saturated heterocycles. The highest BCUT2D eigenvalue weighted by Crippen LogP contribution is 2.28.